The number of hydrogen-bond donors (Lipinski definition) is 1. The minimum absolute atomic E-state index is 0.158. The van der Waals surface area contributed by atoms with Crippen LogP contribution in [0.1, 0.15) is 5.56 Å². The van der Waals surface area contributed by atoms with Gasteiger partial charge in [0.15, 0.2) is 0 Å². The van der Waals surface area contributed by atoms with E-state index in [1.165, 1.54) is 0 Å². The Bertz CT molecular complexity index is 402. The van der Waals surface area contributed by atoms with Crippen LogP contribution in [0.5, 0.6) is 0 Å². The smallest absolute Gasteiger partial charge is 0.328 e. The molecule has 0 aliphatic rings. The van der Waals surface area contributed by atoms with E-state index in [0.29, 0.717) is 6.08 Å². The third kappa shape index (κ3) is 2.53. The van der Waals surface area contributed by atoms with Gasteiger partial charge >= 0.3 is 5.97 Å². The minimum atomic E-state index is -1.24. The van der Waals surface area contributed by atoms with Crippen LogP contribution >= 0.6 is 11.6 Å². The fourth-order valence-electron chi connectivity index (χ4n) is 0.827. The van der Waals surface area contributed by atoms with E-state index in [4.69, 9.17) is 16.7 Å². The van der Waals surface area contributed by atoms with Gasteiger partial charge in [0.2, 0.25) is 0 Å². The molecule has 1 N–H and O–H groups in total. The molecule has 74 valence electrons. The first-order valence-corrected chi connectivity index (χ1v) is 3.94. The summed E-state index contributed by atoms with van der Waals surface area (Å²) >= 11 is 5.29. The second-order valence-electron chi connectivity index (χ2n) is 2.46. The molecule has 5 heteroatoms. The third-order valence-corrected chi connectivity index (χ3v) is 1.73. The van der Waals surface area contributed by atoms with Gasteiger partial charge in [0.1, 0.15) is 11.6 Å². The van der Waals surface area contributed by atoms with Crippen LogP contribution in [-0.2, 0) is 4.79 Å². The maximum Gasteiger partial charge on any atom is 0.328 e. The lowest BCUT2D eigenvalue weighted by atomic mass is 10.2. The summed E-state index contributed by atoms with van der Waals surface area (Å²) < 4.78 is 25.8. The van der Waals surface area contributed by atoms with Crippen LogP contribution < -0.4 is 0 Å². The molecule has 1 rings (SSSR count). The summed E-state index contributed by atoms with van der Waals surface area (Å²) in [5.41, 5.74) is -0.158. The summed E-state index contributed by atoms with van der Waals surface area (Å²) in [6.07, 6.45) is 1.67. The molecular weight excluding hydrogens is 214 g/mol. The Morgan fingerprint density at radius 1 is 1.36 bits per heavy atom. The van der Waals surface area contributed by atoms with Gasteiger partial charge in [-0.2, -0.15) is 0 Å². The highest BCUT2D eigenvalue weighted by molar-refractivity contribution is 6.30. The zero-order valence-electron chi connectivity index (χ0n) is 6.80. The standard InChI is InChI=1S/C9H5ClF2O2/c10-6-4-7(11)5(3-8(6)12)1-2-9(13)14/h1-4H,(H,13,14). The van der Waals surface area contributed by atoms with Crippen molar-refractivity contribution in [1.29, 1.82) is 0 Å². The summed E-state index contributed by atoms with van der Waals surface area (Å²) in [5.74, 6) is -2.80. The van der Waals surface area contributed by atoms with E-state index in [0.717, 1.165) is 18.2 Å². The molecule has 0 saturated carbocycles. The SMILES string of the molecule is O=C(O)C=Cc1cc(F)c(Cl)cc1F. The van der Waals surface area contributed by atoms with Crippen LogP contribution in [0.4, 0.5) is 8.78 Å². The average molecular weight is 219 g/mol. The van der Waals surface area contributed by atoms with Crippen LogP contribution in [-0.4, -0.2) is 11.1 Å². The van der Waals surface area contributed by atoms with Crippen LogP contribution in [0.3, 0.4) is 0 Å². The number of carboxylic acids is 1. The van der Waals surface area contributed by atoms with Crippen molar-refractivity contribution >= 4 is 23.6 Å². The highest BCUT2D eigenvalue weighted by atomic mass is 35.5. The lowest BCUT2D eigenvalue weighted by molar-refractivity contribution is -0.131. The Balaban J connectivity index is 3.10. The topological polar surface area (TPSA) is 37.3 Å². The highest BCUT2D eigenvalue weighted by Crippen LogP contribution is 2.20. The van der Waals surface area contributed by atoms with Gasteiger partial charge in [0.05, 0.1) is 5.02 Å². The number of hydrogen-bond acceptors (Lipinski definition) is 1. The van der Waals surface area contributed by atoms with Gasteiger partial charge in [-0.25, -0.2) is 13.6 Å². The molecule has 0 heterocycles. The second-order valence-corrected chi connectivity index (χ2v) is 2.87. The Hall–Kier alpha value is -1.42. The lowest BCUT2D eigenvalue weighted by Crippen LogP contribution is -1.89. The Morgan fingerprint density at radius 2 is 2.00 bits per heavy atom. The molecule has 0 radical (unpaired) electrons. The second kappa shape index (κ2) is 4.19. The first-order valence-electron chi connectivity index (χ1n) is 3.56. The van der Waals surface area contributed by atoms with Crippen molar-refractivity contribution in [3.63, 3.8) is 0 Å². The first kappa shape index (κ1) is 10.7. The van der Waals surface area contributed by atoms with Gasteiger partial charge in [-0.1, -0.05) is 11.6 Å². The average Bonchev–Trinajstić information content (AvgIpc) is 2.09. The van der Waals surface area contributed by atoms with E-state index in [1.807, 2.05) is 0 Å². The maximum absolute atomic E-state index is 13.0. The molecule has 0 atom stereocenters. The van der Waals surface area contributed by atoms with Gasteiger partial charge < -0.3 is 5.11 Å². The molecule has 0 unspecified atom stereocenters. The zero-order chi connectivity index (χ0) is 10.7. The predicted octanol–water partition coefficient (Wildman–Crippen LogP) is 2.72. The molecule has 1 aromatic rings. The number of carbonyl (C=O) groups is 1. The van der Waals surface area contributed by atoms with E-state index in [9.17, 15) is 13.6 Å². The van der Waals surface area contributed by atoms with Gasteiger partial charge in [-0.05, 0) is 18.2 Å². The highest BCUT2D eigenvalue weighted by Gasteiger charge is 2.06. The Labute approximate surface area is 83.4 Å². The van der Waals surface area contributed by atoms with Crippen LogP contribution in [0.25, 0.3) is 6.08 Å². The van der Waals surface area contributed by atoms with E-state index in [2.05, 4.69) is 0 Å². The first-order chi connectivity index (χ1) is 6.50. The van der Waals surface area contributed by atoms with Crippen LogP contribution in [0.2, 0.25) is 5.02 Å². The van der Waals surface area contributed by atoms with Gasteiger partial charge in [0, 0.05) is 11.6 Å². The summed E-state index contributed by atoms with van der Waals surface area (Å²) in [5, 5.41) is 7.92. The molecule has 1 aromatic carbocycles. The molecule has 0 amide bonds. The zero-order valence-corrected chi connectivity index (χ0v) is 7.55. The van der Waals surface area contributed by atoms with Crippen molar-refractivity contribution in [2.45, 2.75) is 0 Å². The molecule has 0 aliphatic heterocycles. The maximum atomic E-state index is 13.0. The quantitative estimate of drug-likeness (QED) is 0.612. The number of carboxylic acid groups (broad SMARTS) is 1. The molecular formula is C9H5ClF2O2. The van der Waals surface area contributed by atoms with Crippen molar-refractivity contribution in [3.8, 4) is 0 Å². The monoisotopic (exact) mass is 218 g/mol. The molecule has 2 nitrogen and oxygen atoms in total. The molecule has 0 fully saturated rings. The normalized spacial score (nSPS) is 10.8. The largest absolute Gasteiger partial charge is 0.478 e. The van der Waals surface area contributed by atoms with E-state index >= 15 is 0 Å². The van der Waals surface area contributed by atoms with Crippen molar-refractivity contribution in [3.05, 3.63) is 40.4 Å². The Morgan fingerprint density at radius 3 is 2.57 bits per heavy atom. The van der Waals surface area contributed by atoms with Crippen molar-refractivity contribution < 1.29 is 18.7 Å². The lowest BCUT2D eigenvalue weighted by Gasteiger charge is -1.98. The summed E-state index contributed by atoms with van der Waals surface area (Å²) in [6.45, 7) is 0. The Kier molecular flexibility index (Phi) is 3.19. The fourth-order valence-corrected chi connectivity index (χ4v) is 0.977. The molecule has 0 aromatic heterocycles. The van der Waals surface area contributed by atoms with Crippen LogP contribution in [0.15, 0.2) is 18.2 Å². The molecule has 0 saturated heterocycles. The summed E-state index contributed by atoms with van der Waals surface area (Å²) in [4.78, 5) is 10.1. The van der Waals surface area contributed by atoms with Crippen molar-refractivity contribution in [2.24, 2.45) is 0 Å². The van der Waals surface area contributed by atoms with E-state index in [-0.39, 0.29) is 10.6 Å². The van der Waals surface area contributed by atoms with Gasteiger partial charge in [0.25, 0.3) is 0 Å². The molecule has 0 bridgehead atoms. The fraction of sp³-hybridized carbons (Fsp3) is 0. The number of halogens is 3. The van der Waals surface area contributed by atoms with Crippen molar-refractivity contribution in [2.75, 3.05) is 0 Å². The molecule has 0 aliphatic carbocycles. The van der Waals surface area contributed by atoms with Gasteiger partial charge in [-0.3, -0.25) is 0 Å². The van der Waals surface area contributed by atoms with E-state index < -0.39 is 17.6 Å². The van der Waals surface area contributed by atoms with E-state index in [1.54, 1.807) is 0 Å². The number of aliphatic carboxylic acids is 1. The minimum Gasteiger partial charge on any atom is -0.478 e. The number of rotatable bonds is 2. The predicted molar refractivity (Wildman–Crippen MR) is 48.0 cm³/mol. The molecule has 0 spiro atoms. The van der Waals surface area contributed by atoms with Crippen molar-refractivity contribution in [1.82, 2.24) is 0 Å². The molecule has 14 heavy (non-hydrogen) atoms. The third-order valence-electron chi connectivity index (χ3n) is 1.45. The number of benzene rings is 1. The summed E-state index contributed by atoms with van der Waals surface area (Å²) in [7, 11) is 0. The van der Waals surface area contributed by atoms with Crippen LogP contribution in [0, 0.1) is 11.6 Å². The summed E-state index contributed by atoms with van der Waals surface area (Å²) in [6, 6.07) is 1.62. The van der Waals surface area contributed by atoms with Gasteiger partial charge in [-0.15, -0.1) is 0 Å².